The first-order valence-corrected chi connectivity index (χ1v) is 6.27. The van der Waals surface area contributed by atoms with Crippen molar-refractivity contribution in [3.05, 3.63) is 51.9 Å². The van der Waals surface area contributed by atoms with E-state index < -0.39 is 6.09 Å². The molecule has 1 N–H and O–H groups in total. The maximum atomic E-state index is 11.5. The number of rotatable bonds is 3. The summed E-state index contributed by atoms with van der Waals surface area (Å²) in [7, 11) is 0. The minimum absolute atomic E-state index is 0.219. The number of benzene rings is 1. The fraction of sp³-hybridized carbons (Fsp3) is 0.0833. The second-order valence-electron chi connectivity index (χ2n) is 3.41. The molecule has 0 aliphatic carbocycles. The van der Waals surface area contributed by atoms with Crippen LogP contribution in [0.2, 0.25) is 0 Å². The number of ether oxygens (including phenoxy) is 1. The van der Waals surface area contributed by atoms with E-state index in [9.17, 15) is 4.79 Å². The van der Waals surface area contributed by atoms with Crippen molar-refractivity contribution in [3.63, 3.8) is 0 Å². The summed E-state index contributed by atoms with van der Waals surface area (Å²) in [4.78, 5) is 19.3. The lowest BCUT2D eigenvalue weighted by Gasteiger charge is -2.05. The van der Waals surface area contributed by atoms with Crippen LogP contribution in [-0.2, 0) is 11.3 Å². The number of halogens is 1. The van der Waals surface area contributed by atoms with Gasteiger partial charge in [-0.25, -0.2) is 14.8 Å². The Kier molecular flexibility index (Phi) is 4.46. The van der Waals surface area contributed by atoms with Crippen LogP contribution in [0.4, 0.5) is 10.7 Å². The molecule has 1 amide bonds. The second-order valence-corrected chi connectivity index (χ2v) is 4.66. The minimum atomic E-state index is -0.569. The highest BCUT2D eigenvalue weighted by molar-refractivity contribution is 14.1. The molecule has 18 heavy (non-hydrogen) atoms. The van der Waals surface area contributed by atoms with Gasteiger partial charge in [0.15, 0.2) is 0 Å². The van der Waals surface area contributed by atoms with Gasteiger partial charge < -0.3 is 4.74 Å². The number of anilines is 1. The average molecular weight is 355 g/mol. The third kappa shape index (κ3) is 3.95. The van der Waals surface area contributed by atoms with Crippen LogP contribution in [0, 0.1) is 3.57 Å². The van der Waals surface area contributed by atoms with Crippen molar-refractivity contribution in [1.82, 2.24) is 9.97 Å². The van der Waals surface area contributed by atoms with Crippen LogP contribution in [0.25, 0.3) is 0 Å². The molecule has 1 heterocycles. The molecule has 0 aliphatic rings. The van der Waals surface area contributed by atoms with Crippen LogP contribution >= 0.6 is 22.6 Å². The number of carbonyl (C=O) groups excluding carboxylic acids is 1. The average Bonchev–Trinajstić information content (AvgIpc) is 2.40. The summed E-state index contributed by atoms with van der Waals surface area (Å²) in [6, 6.07) is 9.45. The van der Waals surface area contributed by atoms with Crippen LogP contribution in [0.1, 0.15) is 5.56 Å². The van der Waals surface area contributed by atoms with Gasteiger partial charge in [0.2, 0.25) is 5.95 Å². The van der Waals surface area contributed by atoms with Crippen molar-refractivity contribution in [1.29, 1.82) is 0 Å². The molecule has 0 fully saturated rings. The Morgan fingerprint density at radius 1 is 1.22 bits per heavy atom. The maximum Gasteiger partial charge on any atom is 0.414 e. The first-order chi connectivity index (χ1) is 8.74. The summed E-state index contributed by atoms with van der Waals surface area (Å²) < 4.78 is 5.93. The molecule has 92 valence electrons. The number of nitrogens with zero attached hydrogens (tertiary/aromatic N) is 2. The number of aromatic nitrogens is 2. The van der Waals surface area contributed by atoms with Crippen molar-refractivity contribution < 1.29 is 9.53 Å². The van der Waals surface area contributed by atoms with E-state index in [1.54, 1.807) is 12.4 Å². The number of nitrogens with one attached hydrogen (secondary N) is 1. The Morgan fingerprint density at radius 3 is 2.56 bits per heavy atom. The van der Waals surface area contributed by atoms with E-state index in [0.29, 0.717) is 0 Å². The molecule has 1 aromatic carbocycles. The highest BCUT2D eigenvalue weighted by Gasteiger charge is 2.05. The Bertz CT molecular complexity index is 517. The lowest BCUT2D eigenvalue weighted by atomic mass is 10.2. The molecular weight excluding hydrogens is 345 g/mol. The van der Waals surface area contributed by atoms with Crippen molar-refractivity contribution >= 4 is 34.6 Å². The summed E-state index contributed by atoms with van der Waals surface area (Å²) >= 11 is 2.09. The fourth-order valence-electron chi connectivity index (χ4n) is 1.23. The lowest BCUT2D eigenvalue weighted by molar-refractivity contribution is 0.155. The predicted molar refractivity (Wildman–Crippen MR) is 75.0 cm³/mol. The van der Waals surface area contributed by atoms with Crippen LogP contribution in [0.5, 0.6) is 0 Å². The minimum Gasteiger partial charge on any atom is -0.444 e. The number of carbonyl (C=O) groups is 1. The van der Waals surface area contributed by atoms with Crippen LogP contribution in [0.15, 0.2) is 42.7 Å². The van der Waals surface area contributed by atoms with E-state index >= 15 is 0 Å². The second kappa shape index (κ2) is 6.29. The van der Waals surface area contributed by atoms with Gasteiger partial charge in [-0.15, -0.1) is 0 Å². The van der Waals surface area contributed by atoms with Gasteiger partial charge in [-0.1, -0.05) is 30.3 Å². The van der Waals surface area contributed by atoms with Crippen molar-refractivity contribution in [2.45, 2.75) is 6.61 Å². The van der Waals surface area contributed by atoms with Gasteiger partial charge in [0, 0.05) is 16.0 Å². The third-order valence-electron chi connectivity index (χ3n) is 2.05. The zero-order valence-corrected chi connectivity index (χ0v) is 11.5. The largest absolute Gasteiger partial charge is 0.444 e. The molecule has 0 spiro atoms. The Morgan fingerprint density at radius 2 is 1.89 bits per heavy atom. The van der Waals surface area contributed by atoms with Crippen LogP contribution in [0.3, 0.4) is 0 Å². The zero-order valence-electron chi connectivity index (χ0n) is 9.34. The molecule has 0 radical (unpaired) electrons. The van der Waals surface area contributed by atoms with Crippen LogP contribution < -0.4 is 5.32 Å². The van der Waals surface area contributed by atoms with Gasteiger partial charge in [0.05, 0.1) is 0 Å². The van der Waals surface area contributed by atoms with Gasteiger partial charge >= 0.3 is 6.09 Å². The zero-order chi connectivity index (χ0) is 12.8. The highest BCUT2D eigenvalue weighted by Crippen LogP contribution is 2.04. The Labute approximate surface area is 118 Å². The molecule has 0 saturated heterocycles. The van der Waals surface area contributed by atoms with Gasteiger partial charge in [0.25, 0.3) is 0 Å². The summed E-state index contributed by atoms with van der Waals surface area (Å²) in [6.45, 7) is 0.219. The highest BCUT2D eigenvalue weighted by atomic mass is 127. The van der Waals surface area contributed by atoms with E-state index in [-0.39, 0.29) is 12.6 Å². The first-order valence-electron chi connectivity index (χ1n) is 5.19. The lowest BCUT2D eigenvalue weighted by Crippen LogP contribution is -2.15. The van der Waals surface area contributed by atoms with Gasteiger partial charge in [-0.05, 0) is 28.2 Å². The molecule has 5 nitrogen and oxygen atoms in total. The number of amides is 1. The van der Waals surface area contributed by atoms with E-state index in [1.807, 2.05) is 30.3 Å². The standard InChI is InChI=1S/C12H10IN3O2/c13-10-6-14-11(15-7-10)16-12(17)18-8-9-4-2-1-3-5-9/h1-7H,8H2,(H,14,15,16,17). The smallest absolute Gasteiger partial charge is 0.414 e. The summed E-state index contributed by atoms with van der Waals surface area (Å²) in [5.74, 6) is 0.230. The van der Waals surface area contributed by atoms with Gasteiger partial charge in [0.1, 0.15) is 6.61 Å². The molecule has 2 aromatic rings. The third-order valence-corrected chi connectivity index (χ3v) is 2.60. The molecule has 1 aromatic heterocycles. The van der Waals surface area contributed by atoms with E-state index in [0.717, 1.165) is 9.13 Å². The molecule has 0 atom stereocenters. The number of hydrogen-bond donors (Lipinski definition) is 1. The molecule has 0 bridgehead atoms. The topological polar surface area (TPSA) is 64.1 Å². The van der Waals surface area contributed by atoms with Crippen molar-refractivity contribution in [2.24, 2.45) is 0 Å². The van der Waals surface area contributed by atoms with Gasteiger partial charge in [-0.3, -0.25) is 5.32 Å². The molecule has 0 unspecified atom stereocenters. The van der Waals surface area contributed by atoms with E-state index in [4.69, 9.17) is 4.74 Å². The van der Waals surface area contributed by atoms with Crippen molar-refractivity contribution in [3.8, 4) is 0 Å². The fourth-order valence-corrected chi connectivity index (χ4v) is 1.51. The van der Waals surface area contributed by atoms with E-state index in [2.05, 4.69) is 37.9 Å². The van der Waals surface area contributed by atoms with E-state index in [1.165, 1.54) is 0 Å². The SMILES string of the molecule is O=C(Nc1ncc(I)cn1)OCc1ccccc1. The Balaban J connectivity index is 1.84. The van der Waals surface area contributed by atoms with Crippen molar-refractivity contribution in [2.75, 3.05) is 5.32 Å². The molecule has 0 aliphatic heterocycles. The summed E-state index contributed by atoms with van der Waals surface area (Å²) in [6.07, 6.45) is 2.65. The monoisotopic (exact) mass is 355 g/mol. The normalized spacial score (nSPS) is 9.83. The first kappa shape index (κ1) is 12.7. The van der Waals surface area contributed by atoms with Crippen LogP contribution in [-0.4, -0.2) is 16.1 Å². The molecule has 0 saturated carbocycles. The Hall–Kier alpha value is -1.70. The quantitative estimate of drug-likeness (QED) is 0.860. The predicted octanol–water partition coefficient (Wildman–Crippen LogP) is 2.83. The maximum absolute atomic E-state index is 11.5. The molecular formula is C12H10IN3O2. The molecule has 2 rings (SSSR count). The van der Waals surface area contributed by atoms with Gasteiger partial charge in [-0.2, -0.15) is 0 Å². The number of hydrogen-bond acceptors (Lipinski definition) is 4. The molecule has 6 heteroatoms. The summed E-state index contributed by atoms with van der Waals surface area (Å²) in [5.41, 5.74) is 0.927. The summed E-state index contributed by atoms with van der Waals surface area (Å²) in [5, 5.41) is 2.45.